The Morgan fingerprint density at radius 2 is 1.48 bits per heavy atom. The number of hydrogen-bond acceptors (Lipinski definition) is 3. The van der Waals surface area contributed by atoms with E-state index in [1.54, 1.807) is 0 Å². The van der Waals surface area contributed by atoms with Gasteiger partial charge in [0.1, 0.15) is 0 Å². The fourth-order valence-corrected chi connectivity index (χ4v) is 3.12. The average molecular weight is 308 g/mol. The first-order valence-corrected chi connectivity index (χ1v) is 8.29. The molecule has 3 rings (SSSR count). The zero-order valence-corrected chi connectivity index (χ0v) is 13.7. The summed E-state index contributed by atoms with van der Waals surface area (Å²) in [5.74, 6) is 0.123. The molecule has 1 saturated heterocycles. The first-order chi connectivity index (χ1) is 11.2. The van der Waals surface area contributed by atoms with Crippen LogP contribution in [0.2, 0.25) is 0 Å². The van der Waals surface area contributed by atoms with Gasteiger partial charge in [-0.1, -0.05) is 60.7 Å². The summed E-state index contributed by atoms with van der Waals surface area (Å²) in [6.45, 7) is 5.00. The standard InChI is InChI=1S/C20H24N2O/c1-21-12-14-22(15-13-21)16-19(17-8-4-2-5-9-17)20(23)18-10-6-3-7-11-18/h2-11,19H,12-16H2,1H3/t19-/m0/s1. The Kier molecular flexibility index (Phi) is 5.21. The third-order valence-corrected chi connectivity index (χ3v) is 4.61. The van der Waals surface area contributed by atoms with E-state index in [4.69, 9.17) is 0 Å². The van der Waals surface area contributed by atoms with Gasteiger partial charge in [-0.05, 0) is 12.6 Å². The van der Waals surface area contributed by atoms with Gasteiger partial charge in [0.25, 0.3) is 0 Å². The molecule has 0 aliphatic carbocycles. The van der Waals surface area contributed by atoms with Crippen LogP contribution in [0.5, 0.6) is 0 Å². The highest BCUT2D eigenvalue weighted by molar-refractivity contribution is 6.01. The molecule has 0 amide bonds. The molecular formula is C20H24N2O. The fourth-order valence-electron chi connectivity index (χ4n) is 3.12. The largest absolute Gasteiger partial charge is 0.304 e. The van der Waals surface area contributed by atoms with Crippen molar-refractivity contribution in [2.24, 2.45) is 0 Å². The summed E-state index contributed by atoms with van der Waals surface area (Å²) in [4.78, 5) is 17.8. The van der Waals surface area contributed by atoms with Crippen LogP contribution in [0, 0.1) is 0 Å². The SMILES string of the molecule is CN1CCN(C[C@H](C(=O)c2ccccc2)c2ccccc2)CC1. The van der Waals surface area contributed by atoms with Crippen molar-refractivity contribution >= 4 is 5.78 Å². The number of likely N-dealkylation sites (N-methyl/N-ethyl adjacent to an activating group) is 1. The third kappa shape index (κ3) is 4.06. The lowest BCUT2D eigenvalue weighted by Gasteiger charge is -2.34. The van der Waals surface area contributed by atoms with E-state index in [0.29, 0.717) is 0 Å². The molecular weight excluding hydrogens is 284 g/mol. The lowest BCUT2D eigenvalue weighted by molar-refractivity contribution is 0.0903. The molecule has 2 aromatic carbocycles. The summed E-state index contributed by atoms with van der Waals surface area (Å²) in [6.07, 6.45) is 0. The lowest BCUT2D eigenvalue weighted by atomic mass is 9.90. The Bertz CT molecular complexity index is 619. The van der Waals surface area contributed by atoms with E-state index in [9.17, 15) is 4.79 Å². The Balaban J connectivity index is 1.81. The number of nitrogens with zero attached hydrogens (tertiary/aromatic N) is 2. The Morgan fingerprint density at radius 3 is 2.09 bits per heavy atom. The van der Waals surface area contributed by atoms with Gasteiger partial charge in [-0.15, -0.1) is 0 Å². The van der Waals surface area contributed by atoms with Crippen LogP contribution >= 0.6 is 0 Å². The highest BCUT2D eigenvalue weighted by atomic mass is 16.1. The van der Waals surface area contributed by atoms with Crippen molar-refractivity contribution in [1.29, 1.82) is 0 Å². The Morgan fingerprint density at radius 1 is 0.913 bits per heavy atom. The quantitative estimate of drug-likeness (QED) is 0.794. The molecule has 0 unspecified atom stereocenters. The number of Topliss-reactive ketones (excluding diaryl/α,β-unsaturated/α-hetero) is 1. The van der Waals surface area contributed by atoms with Gasteiger partial charge < -0.3 is 4.90 Å². The second kappa shape index (κ2) is 7.53. The molecule has 23 heavy (non-hydrogen) atoms. The topological polar surface area (TPSA) is 23.6 Å². The van der Waals surface area contributed by atoms with Crippen molar-refractivity contribution in [2.75, 3.05) is 39.8 Å². The maximum absolute atomic E-state index is 13.0. The summed E-state index contributed by atoms with van der Waals surface area (Å²) >= 11 is 0. The van der Waals surface area contributed by atoms with Crippen LogP contribution in [0.1, 0.15) is 21.8 Å². The predicted molar refractivity (Wildman–Crippen MR) is 93.9 cm³/mol. The zero-order chi connectivity index (χ0) is 16.1. The Hall–Kier alpha value is -1.97. The highest BCUT2D eigenvalue weighted by Crippen LogP contribution is 2.23. The molecule has 0 aromatic heterocycles. The van der Waals surface area contributed by atoms with Crippen molar-refractivity contribution in [2.45, 2.75) is 5.92 Å². The van der Waals surface area contributed by atoms with Gasteiger partial charge in [0.05, 0.1) is 5.92 Å². The Labute approximate surface area is 138 Å². The number of hydrogen-bond donors (Lipinski definition) is 0. The molecule has 120 valence electrons. The molecule has 0 bridgehead atoms. The van der Waals surface area contributed by atoms with E-state index in [2.05, 4.69) is 29.0 Å². The normalized spacial score (nSPS) is 17.8. The van der Waals surface area contributed by atoms with Crippen molar-refractivity contribution in [3.63, 3.8) is 0 Å². The third-order valence-electron chi connectivity index (χ3n) is 4.61. The van der Waals surface area contributed by atoms with Crippen molar-refractivity contribution in [3.8, 4) is 0 Å². The van der Waals surface area contributed by atoms with Gasteiger partial charge in [-0.25, -0.2) is 0 Å². The number of benzene rings is 2. The van der Waals surface area contributed by atoms with Crippen molar-refractivity contribution < 1.29 is 4.79 Å². The molecule has 0 saturated carbocycles. The second-order valence-electron chi connectivity index (χ2n) is 6.30. The van der Waals surface area contributed by atoms with Gasteiger partial charge in [-0.2, -0.15) is 0 Å². The molecule has 1 fully saturated rings. The van der Waals surface area contributed by atoms with E-state index in [-0.39, 0.29) is 11.7 Å². The molecule has 0 spiro atoms. The number of piperazine rings is 1. The second-order valence-corrected chi connectivity index (χ2v) is 6.30. The first kappa shape index (κ1) is 15.9. The monoisotopic (exact) mass is 308 g/mol. The van der Waals surface area contributed by atoms with Gasteiger partial charge in [-0.3, -0.25) is 9.69 Å². The van der Waals surface area contributed by atoms with Crippen LogP contribution in [0.3, 0.4) is 0 Å². The van der Waals surface area contributed by atoms with E-state index in [1.165, 1.54) is 0 Å². The van der Waals surface area contributed by atoms with E-state index in [1.807, 2.05) is 48.5 Å². The predicted octanol–water partition coefficient (Wildman–Crippen LogP) is 2.90. The summed E-state index contributed by atoms with van der Waals surface area (Å²) in [5, 5.41) is 0. The van der Waals surface area contributed by atoms with E-state index < -0.39 is 0 Å². The van der Waals surface area contributed by atoms with Crippen LogP contribution in [-0.4, -0.2) is 55.4 Å². The van der Waals surface area contributed by atoms with Crippen LogP contribution < -0.4 is 0 Å². The minimum Gasteiger partial charge on any atom is -0.304 e. The van der Waals surface area contributed by atoms with Crippen LogP contribution in [0.25, 0.3) is 0 Å². The summed E-state index contributed by atoms with van der Waals surface area (Å²) in [6, 6.07) is 19.8. The minimum atomic E-state index is -0.0954. The molecule has 3 nitrogen and oxygen atoms in total. The van der Waals surface area contributed by atoms with Crippen LogP contribution in [0.4, 0.5) is 0 Å². The number of ketones is 1. The zero-order valence-electron chi connectivity index (χ0n) is 13.7. The van der Waals surface area contributed by atoms with E-state index >= 15 is 0 Å². The fraction of sp³-hybridized carbons (Fsp3) is 0.350. The maximum Gasteiger partial charge on any atom is 0.171 e. The van der Waals surface area contributed by atoms with Crippen molar-refractivity contribution in [1.82, 2.24) is 9.80 Å². The first-order valence-electron chi connectivity index (χ1n) is 8.29. The van der Waals surface area contributed by atoms with Gasteiger partial charge >= 0.3 is 0 Å². The summed E-state index contributed by atoms with van der Waals surface area (Å²) in [7, 11) is 2.15. The van der Waals surface area contributed by atoms with Crippen molar-refractivity contribution in [3.05, 3.63) is 71.8 Å². The molecule has 1 aliphatic rings. The number of rotatable bonds is 5. The van der Waals surface area contributed by atoms with Gasteiger partial charge in [0.15, 0.2) is 5.78 Å². The summed E-state index contributed by atoms with van der Waals surface area (Å²) in [5.41, 5.74) is 1.91. The molecule has 0 radical (unpaired) electrons. The highest BCUT2D eigenvalue weighted by Gasteiger charge is 2.25. The molecule has 1 aliphatic heterocycles. The summed E-state index contributed by atoms with van der Waals surface area (Å²) < 4.78 is 0. The van der Waals surface area contributed by atoms with Crippen LogP contribution in [-0.2, 0) is 0 Å². The van der Waals surface area contributed by atoms with Crippen LogP contribution in [0.15, 0.2) is 60.7 Å². The molecule has 2 aromatic rings. The molecule has 1 atom stereocenters. The number of carbonyl (C=O) groups excluding carboxylic acids is 1. The molecule has 3 heteroatoms. The lowest BCUT2D eigenvalue weighted by Crippen LogP contribution is -2.46. The molecule has 1 heterocycles. The van der Waals surface area contributed by atoms with E-state index in [0.717, 1.165) is 43.9 Å². The minimum absolute atomic E-state index is 0.0954. The average Bonchev–Trinajstić information content (AvgIpc) is 2.62. The maximum atomic E-state index is 13.0. The van der Waals surface area contributed by atoms with Gasteiger partial charge in [0.2, 0.25) is 0 Å². The molecule has 0 N–H and O–H groups in total. The van der Waals surface area contributed by atoms with Gasteiger partial charge in [0, 0.05) is 38.3 Å². The number of carbonyl (C=O) groups is 1. The smallest absolute Gasteiger partial charge is 0.171 e.